The van der Waals surface area contributed by atoms with Crippen molar-refractivity contribution in [3.05, 3.63) is 170 Å². The zero-order chi connectivity index (χ0) is 68.1. The first-order valence-electron chi connectivity index (χ1n) is 30.4. The maximum atomic E-state index is 10.3. The third-order valence-electron chi connectivity index (χ3n) is 16.5. The van der Waals surface area contributed by atoms with Gasteiger partial charge in [0.15, 0.2) is 23.2 Å². The standard InChI is InChI=1S/C21H19ClO2.C14H21N5O.C13H17N7O2.C12H15N7O3.C5H5B.2CH4/c1-23-19-12-8-17(9-13-19)21(22,16-6-4-3-5-7-16)18-10-14-20(24-2)15-11-18;1-5-10-7(2)11(15)14(20-10)19-6-16-12-8(3)17-9(4)18-13(12)19;1-4-8-11(21)10(18-19-14)13(22-8)20-5-15-9-6(2)16-7(3)17-12(9)20;1-5-8-11(16-6(2)15-5)19(4-14-8)12-9(17-18-13)10(21)7(3-20)22-12;1-4-6(3)5-2;;/h3-15H,1-2H3;6-7,10-11,14H,5,15H2,1-4H3;5,8,10-11,13,21H,4H2,1-3H3;4,7,9-10,12,20-21H,3H2,1-2H3;1-2H,3H3;2*1H4/t;7-,10+,11?,14+;8-,10?,11+,13-;7-,9?,10+,12-;;;/m.011.../s1. The zero-order valence-electron chi connectivity index (χ0n) is 54.4. The Labute approximate surface area is 564 Å². The molecule has 3 aliphatic heterocycles. The Morgan fingerprint density at radius 1 is 0.604 bits per heavy atom. The normalized spacial score (nSPS) is 22.2. The molecule has 3 unspecified atom stereocenters. The van der Waals surface area contributed by atoms with Crippen molar-refractivity contribution in [3.63, 3.8) is 0 Å². The summed E-state index contributed by atoms with van der Waals surface area (Å²) in [6, 6.07) is 24.2. The topological polar surface area (TPSA) is 361 Å². The lowest BCUT2D eigenvalue weighted by atomic mass is 9.55. The summed E-state index contributed by atoms with van der Waals surface area (Å²) in [6.07, 6.45) is 11.6. The molecule has 0 spiro atoms. The Kier molecular flexibility index (Phi) is 26.8. The molecular formula is C67H85BClN19O8. The Morgan fingerprint density at radius 2 is 0.958 bits per heavy atom. The molecule has 9 heterocycles. The number of nitrogens with zero attached hydrogens (tertiary/aromatic N) is 18. The highest BCUT2D eigenvalue weighted by Crippen LogP contribution is 2.44. The molecule has 0 amide bonds. The molecule has 29 heteroatoms. The van der Waals surface area contributed by atoms with E-state index < -0.39 is 47.7 Å². The van der Waals surface area contributed by atoms with Crippen molar-refractivity contribution in [1.29, 1.82) is 0 Å². The van der Waals surface area contributed by atoms with Gasteiger partial charge in [-0.3, -0.25) is 13.7 Å². The van der Waals surface area contributed by atoms with Crippen LogP contribution in [0.1, 0.15) is 118 Å². The smallest absolute Gasteiger partial charge is 0.311 e. The summed E-state index contributed by atoms with van der Waals surface area (Å²) in [5, 5.41) is 37.0. The number of terminal acetylenes is 2. The van der Waals surface area contributed by atoms with Crippen LogP contribution in [0.3, 0.4) is 0 Å². The number of fused-ring (bicyclic) bond motifs is 3. The number of alkyl halides is 1. The second kappa shape index (κ2) is 33.9. The van der Waals surface area contributed by atoms with E-state index in [1.54, 1.807) is 56.7 Å². The number of ether oxygens (including phenoxy) is 5. The molecular weight excluding hydrogens is 1250 g/mol. The molecule has 6 aromatic heterocycles. The number of hydrogen-bond acceptors (Lipinski definition) is 20. The van der Waals surface area contributed by atoms with Crippen LogP contribution in [0.15, 0.2) is 108 Å². The highest BCUT2D eigenvalue weighted by atomic mass is 35.5. The second-order valence-corrected chi connectivity index (χ2v) is 23.1. The predicted molar refractivity (Wildman–Crippen MR) is 370 cm³/mol. The van der Waals surface area contributed by atoms with Crippen LogP contribution < -0.4 is 15.2 Å². The van der Waals surface area contributed by atoms with Crippen LogP contribution in [-0.2, 0) is 19.1 Å². The molecule has 0 bridgehead atoms. The first kappa shape index (κ1) is 75.8. The van der Waals surface area contributed by atoms with Crippen LogP contribution in [-0.4, -0.2) is 150 Å². The van der Waals surface area contributed by atoms with Crippen molar-refractivity contribution in [1.82, 2.24) is 58.6 Å². The number of halogens is 1. The second-order valence-electron chi connectivity index (χ2n) is 22.6. The third kappa shape index (κ3) is 16.2. The quantitative estimate of drug-likeness (QED) is 0.0158. The first-order valence-corrected chi connectivity index (χ1v) is 30.8. The maximum absolute atomic E-state index is 10.3. The molecule has 27 nitrogen and oxygen atoms in total. The lowest BCUT2D eigenvalue weighted by Gasteiger charge is -2.29. The lowest BCUT2D eigenvalue weighted by Crippen LogP contribution is -2.33. The number of aromatic nitrogens is 12. The summed E-state index contributed by atoms with van der Waals surface area (Å²) in [5.74, 6) is 8.63. The zero-order valence-corrected chi connectivity index (χ0v) is 55.2. The van der Waals surface area contributed by atoms with Gasteiger partial charge in [-0.15, -0.1) is 36.1 Å². The fourth-order valence-electron chi connectivity index (χ4n) is 11.4. The van der Waals surface area contributed by atoms with Crippen molar-refractivity contribution in [2.45, 2.75) is 169 Å². The van der Waals surface area contributed by atoms with E-state index in [0.717, 1.165) is 68.7 Å². The van der Waals surface area contributed by atoms with E-state index in [-0.39, 0.29) is 52.7 Å². The average molecular weight is 1330 g/mol. The molecule has 0 saturated carbocycles. The van der Waals surface area contributed by atoms with Gasteiger partial charge < -0.3 is 44.7 Å². The molecule has 9 aromatic rings. The SMILES string of the molecule is C.C.C#CB(C)C#C.CC[C@H]1O[C@@H](n2cnc3c(C)nc(C)nc32)C(N)[C@H]1C.CC[C@H]1O[C@@H](n2cnc3c(C)nc(C)nc32)C(N=[N+]=[N-])[C@H]1O.COc1ccc(C(Cl)(c2ccccc2)c2ccc(OC)cc2)cc1.Cc1nc(C)c2ncn([C@@H]3O[C@H](CO)[C@H](O)C3N=[N+]=[N-])c2n1. The Bertz CT molecular complexity index is 4040. The molecule has 3 fully saturated rings. The van der Waals surface area contributed by atoms with E-state index in [1.165, 1.54) is 6.33 Å². The van der Waals surface area contributed by atoms with Crippen molar-refractivity contribution in [3.8, 4) is 36.0 Å². The molecule has 12 atom stereocenters. The highest BCUT2D eigenvalue weighted by molar-refractivity contribution is 6.74. The van der Waals surface area contributed by atoms with Gasteiger partial charge in [0.1, 0.15) is 81.0 Å². The summed E-state index contributed by atoms with van der Waals surface area (Å²) < 4.78 is 33.4. The van der Waals surface area contributed by atoms with Crippen molar-refractivity contribution in [2.24, 2.45) is 21.9 Å². The van der Waals surface area contributed by atoms with Crippen molar-refractivity contribution in [2.75, 3.05) is 20.8 Å². The van der Waals surface area contributed by atoms with Crippen LogP contribution in [0.2, 0.25) is 6.82 Å². The third-order valence-corrected chi connectivity index (χ3v) is 17.1. The van der Waals surface area contributed by atoms with Crippen LogP contribution in [0.4, 0.5) is 0 Å². The summed E-state index contributed by atoms with van der Waals surface area (Å²) in [7, 11) is 3.31. The van der Waals surface area contributed by atoms with E-state index in [4.69, 9.17) is 64.9 Å². The minimum Gasteiger partial charge on any atom is -0.497 e. The van der Waals surface area contributed by atoms with E-state index in [9.17, 15) is 15.3 Å². The van der Waals surface area contributed by atoms with Gasteiger partial charge >= 0.3 is 6.71 Å². The van der Waals surface area contributed by atoms with Gasteiger partial charge in [-0.2, -0.15) is 0 Å². The number of azide groups is 2. The highest BCUT2D eigenvalue weighted by Gasteiger charge is 2.46. The molecule has 0 radical (unpaired) electrons. The van der Waals surface area contributed by atoms with Gasteiger partial charge in [0.25, 0.3) is 0 Å². The fraction of sp³-hybridized carbons (Fsp3) is 0.448. The van der Waals surface area contributed by atoms with Gasteiger partial charge in [0, 0.05) is 15.7 Å². The summed E-state index contributed by atoms with van der Waals surface area (Å²) in [4.78, 5) is 43.9. The van der Waals surface area contributed by atoms with Gasteiger partial charge in [-0.05, 0) is 106 Å². The summed E-state index contributed by atoms with van der Waals surface area (Å²) in [5.41, 5.74) is 33.2. The van der Waals surface area contributed by atoms with Gasteiger partial charge in [-0.1, -0.05) is 107 Å². The predicted octanol–water partition coefficient (Wildman–Crippen LogP) is 10.8. The molecule has 0 aliphatic carbocycles. The minimum atomic E-state index is -1.10. The largest absolute Gasteiger partial charge is 0.497 e. The van der Waals surface area contributed by atoms with Crippen LogP contribution in [0.25, 0.3) is 54.4 Å². The average Bonchev–Trinajstić information content (AvgIpc) is 1.08. The molecule has 12 rings (SSSR count). The van der Waals surface area contributed by atoms with Gasteiger partial charge in [0.05, 0.1) is 87.3 Å². The van der Waals surface area contributed by atoms with E-state index in [1.807, 2.05) is 118 Å². The van der Waals surface area contributed by atoms with E-state index in [0.29, 0.717) is 46.3 Å². The summed E-state index contributed by atoms with van der Waals surface area (Å²) in [6.45, 7) is 18.7. The van der Waals surface area contributed by atoms with E-state index >= 15 is 0 Å². The van der Waals surface area contributed by atoms with Gasteiger partial charge in [0.2, 0.25) is 0 Å². The fourth-order valence-corrected chi connectivity index (χ4v) is 11.8. The number of aryl methyl sites for hydroxylation is 6. The Hall–Kier alpha value is -9.28. The van der Waals surface area contributed by atoms with Crippen LogP contribution in [0.5, 0.6) is 11.5 Å². The number of imidazole rings is 3. The van der Waals surface area contributed by atoms with Crippen LogP contribution >= 0.6 is 11.6 Å². The van der Waals surface area contributed by atoms with Gasteiger partial charge in [-0.25, -0.2) is 44.9 Å². The number of methoxy groups -OCH3 is 2. The number of nitrogens with two attached hydrogens (primary N) is 1. The molecule has 3 saturated heterocycles. The number of aliphatic hydroxyl groups is 3. The molecule has 3 aliphatic rings. The first-order chi connectivity index (χ1) is 45.1. The van der Waals surface area contributed by atoms with Crippen molar-refractivity contribution < 1.29 is 39.0 Å². The van der Waals surface area contributed by atoms with Crippen LogP contribution in [0, 0.1) is 71.9 Å². The Balaban J connectivity index is 0.000000195. The molecule has 96 heavy (non-hydrogen) atoms. The lowest BCUT2D eigenvalue weighted by molar-refractivity contribution is -0.0437. The monoisotopic (exact) mass is 1330 g/mol. The van der Waals surface area contributed by atoms with E-state index in [2.05, 4.69) is 90.4 Å². The number of rotatable bonds is 13. The maximum Gasteiger partial charge on any atom is 0.311 e. The van der Waals surface area contributed by atoms with Crippen molar-refractivity contribution >= 4 is 51.8 Å². The molecule has 506 valence electrons. The molecule has 3 aromatic carbocycles. The molecule has 5 N–H and O–H groups in total. The number of benzene rings is 3. The Morgan fingerprint density at radius 3 is 1.29 bits per heavy atom. The minimum absolute atomic E-state index is 0. The number of hydrogen-bond donors (Lipinski definition) is 4. The number of aliphatic hydroxyl groups excluding tert-OH is 3. The summed E-state index contributed by atoms with van der Waals surface area (Å²) >= 11 is 7.22.